The average Bonchev–Trinajstić information content (AvgIpc) is 2.72. The van der Waals surface area contributed by atoms with Crippen LogP contribution in [0.1, 0.15) is 16.7 Å². The molecule has 0 atom stereocenters. The van der Waals surface area contributed by atoms with E-state index in [1.807, 2.05) is 36.4 Å². The number of benzene rings is 3. The van der Waals surface area contributed by atoms with Gasteiger partial charge in [-0.15, -0.1) is 0 Å². The van der Waals surface area contributed by atoms with E-state index >= 15 is 0 Å². The molecule has 3 aromatic carbocycles. The van der Waals surface area contributed by atoms with E-state index in [1.165, 1.54) is 17.7 Å². The van der Waals surface area contributed by atoms with Crippen molar-refractivity contribution in [2.75, 3.05) is 13.7 Å². The minimum absolute atomic E-state index is 0.147. The number of hydrogen-bond acceptors (Lipinski definition) is 3. The SMILES string of the molecule is COc1cc(CNCCc2ccc(Cl)cc2)cc(Cl)c1OCc1ccc(F)cc1Cl. The van der Waals surface area contributed by atoms with Crippen LogP contribution in [0.4, 0.5) is 4.39 Å². The molecule has 0 saturated heterocycles. The van der Waals surface area contributed by atoms with Crippen LogP contribution in [0.2, 0.25) is 15.1 Å². The minimum Gasteiger partial charge on any atom is -0.493 e. The van der Waals surface area contributed by atoms with Crippen molar-refractivity contribution >= 4 is 34.8 Å². The summed E-state index contributed by atoms with van der Waals surface area (Å²) in [4.78, 5) is 0. The van der Waals surface area contributed by atoms with E-state index < -0.39 is 5.82 Å². The molecular formula is C23H21Cl3FNO2. The molecule has 1 N–H and O–H groups in total. The fourth-order valence-electron chi connectivity index (χ4n) is 2.92. The van der Waals surface area contributed by atoms with Gasteiger partial charge in [0.1, 0.15) is 12.4 Å². The first-order chi connectivity index (χ1) is 14.5. The Balaban J connectivity index is 1.59. The predicted octanol–water partition coefficient (Wildman–Crippen LogP) is 6.71. The molecule has 3 nitrogen and oxygen atoms in total. The quantitative estimate of drug-likeness (QED) is 0.354. The van der Waals surface area contributed by atoms with Crippen LogP contribution in [0.5, 0.6) is 11.5 Å². The van der Waals surface area contributed by atoms with Crippen LogP contribution in [-0.2, 0) is 19.6 Å². The van der Waals surface area contributed by atoms with Gasteiger partial charge in [0.25, 0.3) is 0 Å². The Bertz CT molecular complexity index is 996. The van der Waals surface area contributed by atoms with Crippen molar-refractivity contribution in [1.82, 2.24) is 5.32 Å². The molecular weight excluding hydrogens is 448 g/mol. The van der Waals surface area contributed by atoms with E-state index in [9.17, 15) is 4.39 Å². The van der Waals surface area contributed by atoms with E-state index in [1.54, 1.807) is 13.2 Å². The molecule has 158 valence electrons. The minimum atomic E-state index is -0.396. The highest BCUT2D eigenvalue weighted by Crippen LogP contribution is 2.37. The standard InChI is InChI=1S/C23H21Cl3FNO2/c1-29-22-11-16(13-28-9-8-15-2-5-18(24)6-3-15)10-21(26)23(22)30-14-17-4-7-19(27)12-20(17)25/h2-7,10-12,28H,8-9,13-14H2,1H3. The largest absolute Gasteiger partial charge is 0.493 e. The van der Waals surface area contributed by atoms with E-state index in [2.05, 4.69) is 5.32 Å². The summed E-state index contributed by atoms with van der Waals surface area (Å²) >= 11 is 18.4. The third kappa shape index (κ3) is 6.26. The van der Waals surface area contributed by atoms with Crippen LogP contribution in [0.3, 0.4) is 0 Å². The fraction of sp³-hybridized carbons (Fsp3) is 0.217. The second-order valence-corrected chi connectivity index (χ2v) is 7.94. The summed E-state index contributed by atoms with van der Waals surface area (Å²) in [6.45, 7) is 1.59. The van der Waals surface area contributed by atoms with Gasteiger partial charge in [-0.2, -0.15) is 0 Å². The van der Waals surface area contributed by atoms with E-state index in [0.717, 1.165) is 23.6 Å². The summed E-state index contributed by atoms with van der Waals surface area (Å²) < 4.78 is 24.5. The Morgan fingerprint density at radius 1 is 0.900 bits per heavy atom. The van der Waals surface area contributed by atoms with E-state index in [0.29, 0.717) is 33.7 Å². The van der Waals surface area contributed by atoms with Crippen molar-refractivity contribution < 1.29 is 13.9 Å². The summed E-state index contributed by atoms with van der Waals surface area (Å²) in [7, 11) is 1.56. The predicted molar refractivity (Wildman–Crippen MR) is 121 cm³/mol. The van der Waals surface area contributed by atoms with Gasteiger partial charge in [-0.1, -0.05) is 53.0 Å². The normalized spacial score (nSPS) is 10.8. The Kier molecular flexibility index (Phi) is 8.23. The van der Waals surface area contributed by atoms with Gasteiger partial charge in [0.05, 0.1) is 17.2 Å². The molecule has 0 unspecified atom stereocenters. The second-order valence-electron chi connectivity index (χ2n) is 6.69. The molecule has 0 aliphatic heterocycles. The monoisotopic (exact) mass is 467 g/mol. The van der Waals surface area contributed by atoms with Crippen LogP contribution in [0, 0.1) is 5.82 Å². The summed E-state index contributed by atoms with van der Waals surface area (Å²) in [5.41, 5.74) is 2.84. The van der Waals surface area contributed by atoms with Gasteiger partial charge < -0.3 is 14.8 Å². The van der Waals surface area contributed by atoms with Gasteiger partial charge in [0.15, 0.2) is 11.5 Å². The topological polar surface area (TPSA) is 30.5 Å². The molecule has 0 saturated carbocycles. The summed E-state index contributed by atoms with van der Waals surface area (Å²) in [6.07, 6.45) is 0.891. The van der Waals surface area contributed by atoms with Crippen LogP contribution in [0.15, 0.2) is 54.6 Å². The zero-order valence-corrected chi connectivity index (χ0v) is 18.6. The van der Waals surface area contributed by atoms with Gasteiger partial charge in [0.2, 0.25) is 0 Å². The number of rotatable bonds is 9. The van der Waals surface area contributed by atoms with Crippen LogP contribution in [-0.4, -0.2) is 13.7 Å². The third-order valence-corrected chi connectivity index (χ3v) is 5.39. The summed E-state index contributed by atoms with van der Waals surface area (Å²) in [6, 6.07) is 15.7. The van der Waals surface area contributed by atoms with Crippen molar-refractivity contribution in [3.05, 3.63) is 92.2 Å². The van der Waals surface area contributed by atoms with Crippen molar-refractivity contribution in [1.29, 1.82) is 0 Å². The Morgan fingerprint density at radius 2 is 1.67 bits per heavy atom. The molecule has 7 heteroatoms. The number of nitrogens with one attached hydrogen (secondary N) is 1. The lowest BCUT2D eigenvalue weighted by molar-refractivity contribution is 0.284. The lowest BCUT2D eigenvalue weighted by atomic mass is 10.1. The zero-order valence-electron chi connectivity index (χ0n) is 16.4. The third-order valence-electron chi connectivity index (χ3n) is 4.51. The molecule has 0 heterocycles. The lowest BCUT2D eigenvalue weighted by Crippen LogP contribution is -2.16. The highest BCUT2D eigenvalue weighted by Gasteiger charge is 2.13. The molecule has 0 amide bonds. The van der Waals surface area contributed by atoms with Gasteiger partial charge in [0, 0.05) is 17.1 Å². The number of halogens is 4. The lowest BCUT2D eigenvalue weighted by Gasteiger charge is -2.15. The molecule has 0 bridgehead atoms. The maximum Gasteiger partial charge on any atom is 0.180 e. The number of hydrogen-bond donors (Lipinski definition) is 1. The van der Waals surface area contributed by atoms with Crippen molar-refractivity contribution in [2.45, 2.75) is 19.6 Å². The number of methoxy groups -OCH3 is 1. The first kappa shape index (κ1) is 22.7. The molecule has 3 aromatic rings. The average molecular weight is 469 g/mol. The van der Waals surface area contributed by atoms with Crippen LogP contribution in [0.25, 0.3) is 0 Å². The zero-order chi connectivity index (χ0) is 21.5. The van der Waals surface area contributed by atoms with Crippen molar-refractivity contribution in [2.24, 2.45) is 0 Å². The molecule has 3 rings (SSSR count). The molecule has 0 aliphatic rings. The highest BCUT2D eigenvalue weighted by molar-refractivity contribution is 6.32. The van der Waals surface area contributed by atoms with Crippen LogP contribution >= 0.6 is 34.8 Å². The molecule has 30 heavy (non-hydrogen) atoms. The first-order valence-corrected chi connectivity index (χ1v) is 10.5. The van der Waals surface area contributed by atoms with Gasteiger partial charge in [-0.05, 0) is 60.5 Å². The van der Waals surface area contributed by atoms with Gasteiger partial charge >= 0.3 is 0 Å². The van der Waals surface area contributed by atoms with E-state index in [4.69, 9.17) is 44.3 Å². The maximum absolute atomic E-state index is 13.2. The van der Waals surface area contributed by atoms with E-state index in [-0.39, 0.29) is 6.61 Å². The molecule has 0 fully saturated rings. The highest BCUT2D eigenvalue weighted by atomic mass is 35.5. The number of ether oxygens (including phenoxy) is 2. The van der Waals surface area contributed by atoms with Crippen LogP contribution < -0.4 is 14.8 Å². The first-order valence-electron chi connectivity index (χ1n) is 9.34. The van der Waals surface area contributed by atoms with Crippen molar-refractivity contribution in [3.8, 4) is 11.5 Å². The fourth-order valence-corrected chi connectivity index (χ4v) is 3.56. The molecule has 0 radical (unpaired) electrons. The molecule has 0 spiro atoms. The Morgan fingerprint density at radius 3 is 2.37 bits per heavy atom. The summed E-state index contributed by atoms with van der Waals surface area (Å²) in [5.74, 6) is 0.548. The second kappa shape index (κ2) is 10.9. The van der Waals surface area contributed by atoms with Gasteiger partial charge in [-0.3, -0.25) is 0 Å². The molecule has 0 aliphatic carbocycles. The van der Waals surface area contributed by atoms with Gasteiger partial charge in [-0.25, -0.2) is 4.39 Å². The maximum atomic E-state index is 13.2. The Hall–Kier alpha value is -1.98. The Labute approximate surface area is 190 Å². The summed E-state index contributed by atoms with van der Waals surface area (Å²) in [5, 5.41) is 4.86. The smallest absolute Gasteiger partial charge is 0.180 e. The van der Waals surface area contributed by atoms with Crippen molar-refractivity contribution in [3.63, 3.8) is 0 Å². The molecule has 0 aromatic heterocycles.